The molecule has 4 aliphatic rings. The van der Waals surface area contributed by atoms with E-state index in [9.17, 15) is 5.11 Å². The zero-order chi connectivity index (χ0) is 26.2. The number of nitrogens with one attached hydrogen (secondary N) is 1. The number of piperazine rings is 1. The van der Waals surface area contributed by atoms with Crippen LogP contribution in [0.3, 0.4) is 0 Å². The second kappa shape index (κ2) is 8.76. The molecule has 3 aromatic carbocycles. The minimum absolute atomic E-state index is 0.122. The van der Waals surface area contributed by atoms with E-state index in [1.54, 1.807) is 12.1 Å². The van der Waals surface area contributed by atoms with Crippen LogP contribution in [0.1, 0.15) is 19.3 Å². The van der Waals surface area contributed by atoms with Crippen molar-refractivity contribution in [2.75, 3.05) is 49.6 Å². The summed E-state index contributed by atoms with van der Waals surface area (Å²) < 4.78 is 16.7. The number of likely N-dealkylation sites (tertiary alicyclic amines) is 1. The van der Waals surface area contributed by atoms with E-state index in [1.807, 2.05) is 36.4 Å². The first-order valence-corrected chi connectivity index (χ1v) is 14.2. The number of halogens is 1. The van der Waals surface area contributed by atoms with Crippen LogP contribution in [0.25, 0.3) is 32.8 Å². The monoisotopic (exact) mass is 524 g/mol. The molecule has 4 saturated heterocycles. The molecule has 4 fully saturated rings. The maximum atomic E-state index is 16.7. The number of likely N-dealkylation sites (N-methyl/N-ethyl adjacent to an activating group) is 1. The number of aromatic hydroxyl groups is 1. The molecule has 0 radical (unpaired) electrons. The summed E-state index contributed by atoms with van der Waals surface area (Å²) in [4.78, 5) is 17.1. The van der Waals surface area contributed by atoms with Crippen molar-refractivity contribution in [2.45, 2.75) is 37.4 Å². The van der Waals surface area contributed by atoms with Crippen LogP contribution < -0.4 is 15.1 Å². The molecule has 0 amide bonds. The first kappa shape index (κ1) is 23.4. The Bertz CT molecular complexity index is 1600. The van der Waals surface area contributed by atoms with Crippen LogP contribution in [-0.2, 0) is 0 Å². The van der Waals surface area contributed by atoms with E-state index in [-0.39, 0.29) is 11.6 Å². The number of anilines is 2. The summed E-state index contributed by atoms with van der Waals surface area (Å²) in [7, 11) is 2.20. The Balaban J connectivity index is 1.30. The van der Waals surface area contributed by atoms with Crippen LogP contribution in [0.2, 0.25) is 0 Å². The summed E-state index contributed by atoms with van der Waals surface area (Å²) in [5.41, 5.74) is 1.48. The minimum atomic E-state index is -0.359. The summed E-state index contributed by atoms with van der Waals surface area (Å²) >= 11 is 0. The molecule has 4 unspecified atom stereocenters. The largest absolute Gasteiger partial charge is 0.508 e. The molecule has 8 rings (SSSR count). The van der Waals surface area contributed by atoms with Gasteiger partial charge in [-0.1, -0.05) is 30.3 Å². The Morgan fingerprint density at radius 1 is 0.872 bits per heavy atom. The predicted octanol–water partition coefficient (Wildman–Crippen LogP) is 4.38. The number of benzene rings is 3. The van der Waals surface area contributed by atoms with Crippen molar-refractivity contribution < 1.29 is 9.50 Å². The van der Waals surface area contributed by atoms with Crippen LogP contribution >= 0.6 is 0 Å². The molecule has 0 aliphatic carbocycles. The van der Waals surface area contributed by atoms with Gasteiger partial charge in [-0.15, -0.1) is 0 Å². The van der Waals surface area contributed by atoms with Gasteiger partial charge in [0.25, 0.3) is 0 Å². The number of fused-ring (bicyclic) bond motifs is 5. The van der Waals surface area contributed by atoms with Crippen molar-refractivity contribution in [1.29, 1.82) is 0 Å². The maximum absolute atomic E-state index is 16.7. The number of nitrogens with zero attached hydrogens (tertiary/aromatic N) is 5. The molecule has 7 nitrogen and oxygen atoms in total. The van der Waals surface area contributed by atoms with Crippen molar-refractivity contribution in [3.63, 3.8) is 0 Å². The van der Waals surface area contributed by atoms with E-state index in [0.717, 1.165) is 54.7 Å². The average Bonchev–Trinajstić information content (AvgIpc) is 3.63. The Labute approximate surface area is 227 Å². The average molecular weight is 525 g/mol. The Morgan fingerprint density at radius 2 is 1.69 bits per heavy atom. The Hall–Kier alpha value is -3.49. The Kier molecular flexibility index (Phi) is 5.26. The number of phenols is 1. The lowest BCUT2D eigenvalue weighted by molar-refractivity contribution is 0.310. The van der Waals surface area contributed by atoms with Crippen molar-refractivity contribution in [2.24, 2.45) is 5.92 Å². The van der Waals surface area contributed by atoms with E-state index in [4.69, 9.17) is 9.97 Å². The second-order valence-electron chi connectivity index (χ2n) is 11.9. The predicted molar refractivity (Wildman–Crippen MR) is 153 cm³/mol. The van der Waals surface area contributed by atoms with Gasteiger partial charge in [-0.05, 0) is 73.3 Å². The smallest absolute Gasteiger partial charge is 0.228 e. The normalized spacial score (nSPS) is 26.7. The molecular weight excluding hydrogens is 491 g/mol. The SMILES string of the molecule is CN1CCC2CN(c3nc(N4CC5CCC(C4)N5)c4ccc(-c5cc(O)cc6ccccc56)c(F)c4n3)CC21. The lowest BCUT2D eigenvalue weighted by Gasteiger charge is -2.35. The minimum Gasteiger partial charge on any atom is -0.508 e. The molecule has 39 heavy (non-hydrogen) atoms. The van der Waals surface area contributed by atoms with Crippen LogP contribution in [0.4, 0.5) is 16.2 Å². The molecular formula is C31H33FN6O. The van der Waals surface area contributed by atoms with E-state index in [1.165, 1.54) is 19.3 Å². The second-order valence-corrected chi connectivity index (χ2v) is 11.9. The third kappa shape index (κ3) is 3.76. The molecule has 8 heteroatoms. The topological polar surface area (TPSA) is 67.8 Å². The fourth-order valence-electron chi connectivity index (χ4n) is 7.55. The number of hydrogen-bond donors (Lipinski definition) is 2. The summed E-state index contributed by atoms with van der Waals surface area (Å²) in [6.07, 6.45) is 3.52. The van der Waals surface area contributed by atoms with Crippen molar-refractivity contribution >= 4 is 33.4 Å². The third-order valence-electron chi connectivity index (χ3n) is 9.54. The highest BCUT2D eigenvalue weighted by molar-refractivity contribution is 6.01. The van der Waals surface area contributed by atoms with E-state index in [0.29, 0.717) is 46.6 Å². The zero-order valence-electron chi connectivity index (χ0n) is 22.1. The van der Waals surface area contributed by atoms with Gasteiger partial charge in [-0.2, -0.15) is 4.98 Å². The first-order valence-electron chi connectivity index (χ1n) is 14.2. The lowest BCUT2D eigenvalue weighted by Crippen LogP contribution is -2.51. The van der Waals surface area contributed by atoms with Gasteiger partial charge in [-0.25, -0.2) is 9.37 Å². The highest BCUT2D eigenvalue weighted by Crippen LogP contribution is 2.40. The van der Waals surface area contributed by atoms with Crippen molar-refractivity contribution in [3.05, 3.63) is 54.3 Å². The number of hydrogen-bond acceptors (Lipinski definition) is 7. The molecule has 2 N–H and O–H groups in total. The number of aromatic nitrogens is 2. The molecule has 4 atom stereocenters. The fourth-order valence-corrected chi connectivity index (χ4v) is 7.55. The first-order chi connectivity index (χ1) is 19.0. The van der Waals surface area contributed by atoms with Gasteiger partial charge in [0, 0.05) is 55.3 Å². The fraction of sp³-hybridized carbons (Fsp3) is 0.419. The molecule has 0 saturated carbocycles. The van der Waals surface area contributed by atoms with Gasteiger partial charge in [-0.3, -0.25) is 0 Å². The summed E-state index contributed by atoms with van der Waals surface area (Å²) in [5.74, 6) is 1.83. The molecule has 2 bridgehead atoms. The highest BCUT2D eigenvalue weighted by Gasteiger charge is 2.41. The lowest BCUT2D eigenvalue weighted by atomic mass is 9.96. The van der Waals surface area contributed by atoms with E-state index in [2.05, 4.69) is 27.1 Å². The van der Waals surface area contributed by atoms with Gasteiger partial charge in [0.1, 0.15) is 17.1 Å². The van der Waals surface area contributed by atoms with Gasteiger partial charge in [0.05, 0.1) is 0 Å². The van der Waals surface area contributed by atoms with Gasteiger partial charge < -0.3 is 25.1 Å². The van der Waals surface area contributed by atoms with Crippen LogP contribution in [-0.4, -0.2) is 77.9 Å². The summed E-state index contributed by atoms with van der Waals surface area (Å²) in [6.45, 7) is 4.66. The summed E-state index contributed by atoms with van der Waals surface area (Å²) in [6, 6.07) is 16.3. The quantitative estimate of drug-likeness (QED) is 0.412. The standard InChI is InChI=1S/C31H33FN6O/c1-36-11-10-19-14-38(17-27(19)36)31-34-29-25(30(35-31)37-15-20-6-7-21(16-37)33-20)9-8-24(28(29)32)26-13-22(39)12-18-4-2-3-5-23(18)26/h2-5,8-9,12-13,19-21,27,33,39H,6-7,10-11,14-17H2,1H3. The van der Waals surface area contributed by atoms with Crippen molar-refractivity contribution in [3.8, 4) is 16.9 Å². The molecule has 4 aliphatic heterocycles. The van der Waals surface area contributed by atoms with Crippen LogP contribution in [0.15, 0.2) is 48.5 Å². The molecule has 5 heterocycles. The molecule has 200 valence electrons. The van der Waals surface area contributed by atoms with Crippen molar-refractivity contribution in [1.82, 2.24) is 20.2 Å². The van der Waals surface area contributed by atoms with Gasteiger partial charge in [0.2, 0.25) is 5.95 Å². The third-order valence-corrected chi connectivity index (χ3v) is 9.54. The van der Waals surface area contributed by atoms with Crippen LogP contribution in [0, 0.1) is 11.7 Å². The van der Waals surface area contributed by atoms with Gasteiger partial charge >= 0.3 is 0 Å². The van der Waals surface area contributed by atoms with Gasteiger partial charge in [0.15, 0.2) is 5.82 Å². The van der Waals surface area contributed by atoms with E-state index >= 15 is 4.39 Å². The highest BCUT2D eigenvalue weighted by atomic mass is 19.1. The molecule has 4 aromatic rings. The number of rotatable bonds is 3. The molecule has 0 spiro atoms. The maximum Gasteiger partial charge on any atom is 0.228 e. The molecule has 1 aromatic heterocycles. The van der Waals surface area contributed by atoms with E-state index < -0.39 is 0 Å². The number of phenolic OH excluding ortho intramolecular Hbond substituents is 1. The zero-order valence-corrected chi connectivity index (χ0v) is 22.1. The van der Waals surface area contributed by atoms with Crippen LogP contribution in [0.5, 0.6) is 5.75 Å². The summed E-state index contributed by atoms with van der Waals surface area (Å²) in [5, 5.41) is 16.7. The Morgan fingerprint density at radius 3 is 2.51 bits per heavy atom.